The summed E-state index contributed by atoms with van der Waals surface area (Å²) in [4.78, 5) is 11.1. The van der Waals surface area contributed by atoms with Crippen LogP contribution in [0.2, 0.25) is 0 Å². The van der Waals surface area contributed by atoms with Crippen molar-refractivity contribution in [2.75, 3.05) is 36.9 Å². The van der Waals surface area contributed by atoms with Crippen LogP contribution in [0.5, 0.6) is 5.75 Å². The normalized spacial score (nSPS) is 30.4. The second-order valence-electron chi connectivity index (χ2n) is 8.91. The van der Waals surface area contributed by atoms with E-state index < -0.39 is 0 Å². The smallest absolute Gasteiger partial charge is 0.151 e. The van der Waals surface area contributed by atoms with Gasteiger partial charge in [-0.25, -0.2) is 9.97 Å². The quantitative estimate of drug-likeness (QED) is 0.808. The van der Waals surface area contributed by atoms with Crippen LogP contribution in [0.1, 0.15) is 37.3 Å². The number of rotatable bonds is 5. The Kier molecular flexibility index (Phi) is 3.96. The molecule has 29 heavy (non-hydrogen) atoms. The minimum atomic E-state index is -0.0680. The van der Waals surface area contributed by atoms with Gasteiger partial charge in [-0.05, 0) is 56.8 Å². The highest BCUT2D eigenvalue weighted by molar-refractivity contribution is 5.78. The van der Waals surface area contributed by atoms with Crippen molar-refractivity contribution >= 4 is 17.2 Å². The molecule has 0 radical (unpaired) electrons. The van der Waals surface area contributed by atoms with E-state index >= 15 is 0 Å². The van der Waals surface area contributed by atoms with Gasteiger partial charge in [0.1, 0.15) is 30.0 Å². The predicted molar refractivity (Wildman–Crippen MR) is 111 cm³/mol. The molecule has 6 rings (SSSR count). The maximum absolute atomic E-state index is 6.28. The van der Waals surface area contributed by atoms with Gasteiger partial charge in [-0.2, -0.15) is 0 Å². The number of nitrogens with one attached hydrogen (secondary N) is 1. The van der Waals surface area contributed by atoms with Gasteiger partial charge in [0.25, 0.3) is 0 Å². The van der Waals surface area contributed by atoms with E-state index in [1.807, 2.05) is 12.1 Å². The zero-order valence-corrected chi connectivity index (χ0v) is 16.5. The molecule has 2 bridgehead atoms. The SMILES string of the molecule is Nc1ncnc2c1N(c1cccc(OCC34CCC(CC3)O4)c1)CC2C1CNC1. The lowest BCUT2D eigenvalue weighted by Crippen LogP contribution is -2.46. The van der Waals surface area contributed by atoms with E-state index in [2.05, 4.69) is 32.3 Å². The van der Waals surface area contributed by atoms with Crippen LogP contribution in [0.25, 0.3) is 0 Å². The molecule has 7 nitrogen and oxygen atoms in total. The third-order valence-electron chi connectivity index (χ3n) is 7.15. The average molecular weight is 393 g/mol. The Bertz CT molecular complexity index is 923. The summed E-state index contributed by atoms with van der Waals surface area (Å²) in [6, 6.07) is 8.29. The van der Waals surface area contributed by atoms with Gasteiger partial charge in [0.2, 0.25) is 0 Å². The number of nitrogens with zero attached hydrogens (tertiary/aromatic N) is 3. The fourth-order valence-corrected chi connectivity index (χ4v) is 5.37. The number of anilines is 3. The Morgan fingerprint density at radius 1 is 1.24 bits per heavy atom. The highest BCUT2D eigenvalue weighted by Gasteiger charge is 2.46. The fourth-order valence-electron chi connectivity index (χ4n) is 5.37. The van der Waals surface area contributed by atoms with Crippen molar-refractivity contribution in [3.05, 3.63) is 36.3 Å². The largest absolute Gasteiger partial charge is 0.491 e. The third-order valence-corrected chi connectivity index (χ3v) is 7.15. The van der Waals surface area contributed by atoms with Crippen LogP contribution < -0.4 is 20.7 Å². The van der Waals surface area contributed by atoms with Gasteiger partial charge in [-0.15, -0.1) is 0 Å². The first-order valence-electron chi connectivity index (χ1n) is 10.7. The number of nitrogens with two attached hydrogens (primary N) is 1. The molecule has 0 saturated carbocycles. The molecule has 5 heterocycles. The average Bonchev–Trinajstić information content (AvgIpc) is 3.40. The molecule has 4 aliphatic heterocycles. The highest BCUT2D eigenvalue weighted by Crippen LogP contribution is 2.47. The van der Waals surface area contributed by atoms with Crippen LogP contribution in [0, 0.1) is 5.92 Å². The van der Waals surface area contributed by atoms with Crippen molar-refractivity contribution in [1.29, 1.82) is 0 Å². The van der Waals surface area contributed by atoms with Gasteiger partial charge >= 0.3 is 0 Å². The molecule has 4 aliphatic rings. The van der Waals surface area contributed by atoms with E-state index in [0.29, 0.717) is 30.4 Å². The van der Waals surface area contributed by atoms with Crippen LogP contribution in [0.3, 0.4) is 0 Å². The molecule has 1 unspecified atom stereocenters. The van der Waals surface area contributed by atoms with Crippen LogP contribution in [-0.2, 0) is 4.74 Å². The Labute approximate surface area is 170 Å². The zero-order valence-electron chi connectivity index (χ0n) is 16.5. The molecule has 1 aromatic heterocycles. The van der Waals surface area contributed by atoms with Crippen molar-refractivity contribution in [3.8, 4) is 5.75 Å². The minimum absolute atomic E-state index is 0.0680. The van der Waals surface area contributed by atoms with Crippen molar-refractivity contribution in [1.82, 2.24) is 15.3 Å². The number of aromatic nitrogens is 2. The summed E-state index contributed by atoms with van der Waals surface area (Å²) in [6.45, 7) is 3.58. The fraction of sp³-hybridized carbons (Fsp3) is 0.545. The second-order valence-corrected chi connectivity index (χ2v) is 8.91. The van der Waals surface area contributed by atoms with Crippen LogP contribution in [-0.4, -0.2) is 47.9 Å². The monoisotopic (exact) mass is 393 g/mol. The summed E-state index contributed by atoms with van der Waals surface area (Å²) in [6.07, 6.45) is 6.61. The molecule has 0 aliphatic carbocycles. The summed E-state index contributed by atoms with van der Waals surface area (Å²) in [7, 11) is 0. The van der Waals surface area contributed by atoms with E-state index in [9.17, 15) is 0 Å². The lowest BCUT2D eigenvalue weighted by Gasteiger charge is -2.32. The maximum atomic E-state index is 6.28. The molecule has 3 fully saturated rings. The number of fused-ring (bicyclic) bond motifs is 3. The van der Waals surface area contributed by atoms with Crippen molar-refractivity contribution in [2.45, 2.75) is 43.3 Å². The summed E-state index contributed by atoms with van der Waals surface area (Å²) in [5.41, 5.74) is 9.33. The summed E-state index contributed by atoms with van der Waals surface area (Å²) >= 11 is 0. The van der Waals surface area contributed by atoms with Gasteiger partial charge < -0.3 is 25.4 Å². The Morgan fingerprint density at radius 3 is 2.83 bits per heavy atom. The van der Waals surface area contributed by atoms with Gasteiger partial charge in [-0.3, -0.25) is 0 Å². The lowest BCUT2D eigenvalue weighted by atomic mass is 9.86. The Balaban J connectivity index is 1.26. The van der Waals surface area contributed by atoms with Gasteiger partial charge in [0.05, 0.1) is 11.8 Å². The maximum Gasteiger partial charge on any atom is 0.151 e. The van der Waals surface area contributed by atoms with Crippen LogP contribution >= 0.6 is 0 Å². The van der Waals surface area contributed by atoms with Crippen LogP contribution in [0.15, 0.2) is 30.6 Å². The van der Waals surface area contributed by atoms with E-state index in [1.54, 1.807) is 6.33 Å². The van der Waals surface area contributed by atoms with E-state index in [-0.39, 0.29) is 5.60 Å². The summed E-state index contributed by atoms with van der Waals surface area (Å²) in [5, 5.41) is 3.38. The number of benzene rings is 1. The van der Waals surface area contributed by atoms with E-state index in [0.717, 1.165) is 55.3 Å². The molecule has 2 aromatic rings. The van der Waals surface area contributed by atoms with Gasteiger partial charge in [0.15, 0.2) is 5.82 Å². The van der Waals surface area contributed by atoms with Crippen LogP contribution in [0.4, 0.5) is 17.2 Å². The molecule has 3 saturated heterocycles. The van der Waals surface area contributed by atoms with E-state index in [4.69, 9.17) is 15.2 Å². The zero-order chi connectivity index (χ0) is 19.4. The lowest BCUT2D eigenvalue weighted by molar-refractivity contribution is -0.0198. The summed E-state index contributed by atoms with van der Waals surface area (Å²) in [5.74, 6) is 2.40. The molecule has 1 atom stereocenters. The number of ether oxygens (including phenoxy) is 2. The number of nitrogen functional groups attached to an aromatic ring is 1. The third kappa shape index (κ3) is 2.87. The molecule has 0 amide bonds. The Morgan fingerprint density at radius 2 is 2.10 bits per heavy atom. The molecule has 152 valence electrons. The van der Waals surface area contributed by atoms with Gasteiger partial charge in [-0.1, -0.05) is 6.07 Å². The second kappa shape index (κ2) is 6.57. The summed E-state index contributed by atoms with van der Waals surface area (Å²) < 4.78 is 12.4. The molecule has 7 heteroatoms. The highest BCUT2D eigenvalue weighted by atomic mass is 16.6. The number of hydrogen-bond donors (Lipinski definition) is 2. The van der Waals surface area contributed by atoms with Crippen molar-refractivity contribution in [3.63, 3.8) is 0 Å². The molecular weight excluding hydrogens is 366 g/mol. The van der Waals surface area contributed by atoms with Crippen molar-refractivity contribution < 1.29 is 9.47 Å². The number of hydrogen-bond acceptors (Lipinski definition) is 7. The van der Waals surface area contributed by atoms with Gasteiger partial charge in [0, 0.05) is 24.2 Å². The first-order valence-corrected chi connectivity index (χ1v) is 10.7. The Hall–Kier alpha value is -2.38. The molecule has 1 aromatic carbocycles. The molecular formula is C22H27N5O2. The van der Waals surface area contributed by atoms with E-state index in [1.165, 1.54) is 12.8 Å². The topological polar surface area (TPSA) is 85.5 Å². The first kappa shape index (κ1) is 17.5. The molecule has 3 N–H and O–H groups in total. The predicted octanol–water partition coefficient (Wildman–Crippen LogP) is 2.60. The minimum Gasteiger partial charge on any atom is -0.491 e. The standard InChI is InChI=1S/C22H27N5O2/c23-21-20-19(25-13-26-21)18(14-9-24-10-14)11-27(20)15-2-1-3-17(8-15)28-12-22-6-4-16(29-22)5-7-22/h1-3,8,13-14,16,18,24H,4-7,9-12H2,(H2,23,25,26). The first-order chi connectivity index (χ1) is 14.2. The molecule has 0 spiro atoms. The van der Waals surface area contributed by atoms with Crippen molar-refractivity contribution in [2.24, 2.45) is 5.92 Å².